The number of benzene rings is 2. The second kappa shape index (κ2) is 11.0. The SMILES string of the molecule is CCC(C(=O)Nc1ccc(N2CCCN(C(=O)c3ccc(C)cc3)CC2)nc1)c1ccccc1. The minimum Gasteiger partial charge on any atom is -0.355 e. The van der Waals surface area contributed by atoms with E-state index in [0.717, 1.165) is 55.0 Å². The second-order valence-electron chi connectivity index (χ2n) is 8.76. The monoisotopic (exact) mass is 456 g/mol. The number of carbonyl (C=O) groups is 2. The largest absolute Gasteiger partial charge is 0.355 e. The lowest BCUT2D eigenvalue weighted by molar-refractivity contribution is -0.117. The van der Waals surface area contributed by atoms with Crippen molar-refractivity contribution in [3.63, 3.8) is 0 Å². The van der Waals surface area contributed by atoms with Crippen molar-refractivity contribution in [2.45, 2.75) is 32.6 Å². The molecule has 176 valence electrons. The number of aromatic nitrogens is 1. The van der Waals surface area contributed by atoms with Gasteiger partial charge in [0.2, 0.25) is 5.91 Å². The Labute approximate surface area is 201 Å². The number of pyridine rings is 1. The van der Waals surface area contributed by atoms with Gasteiger partial charge in [0.05, 0.1) is 17.8 Å². The van der Waals surface area contributed by atoms with Crippen LogP contribution in [-0.4, -0.2) is 47.9 Å². The van der Waals surface area contributed by atoms with Crippen LogP contribution in [-0.2, 0) is 4.79 Å². The van der Waals surface area contributed by atoms with Gasteiger partial charge < -0.3 is 15.1 Å². The van der Waals surface area contributed by atoms with Crippen LogP contribution in [0.1, 0.15) is 47.2 Å². The number of nitrogens with zero attached hydrogens (tertiary/aromatic N) is 3. The highest BCUT2D eigenvalue weighted by Crippen LogP contribution is 2.23. The fourth-order valence-electron chi connectivity index (χ4n) is 4.36. The van der Waals surface area contributed by atoms with E-state index in [9.17, 15) is 9.59 Å². The Bertz CT molecular complexity index is 1100. The number of rotatable bonds is 6. The molecule has 2 heterocycles. The number of carbonyl (C=O) groups excluding carboxylic acids is 2. The Morgan fingerprint density at radius 3 is 2.38 bits per heavy atom. The summed E-state index contributed by atoms with van der Waals surface area (Å²) in [5.41, 5.74) is 3.59. The molecule has 0 bridgehead atoms. The first-order valence-electron chi connectivity index (χ1n) is 12.0. The van der Waals surface area contributed by atoms with E-state index in [1.54, 1.807) is 6.20 Å². The molecule has 6 heteroatoms. The number of hydrogen-bond acceptors (Lipinski definition) is 4. The number of aryl methyl sites for hydroxylation is 1. The molecule has 6 nitrogen and oxygen atoms in total. The molecule has 1 fully saturated rings. The lowest BCUT2D eigenvalue weighted by Crippen LogP contribution is -2.35. The summed E-state index contributed by atoms with van der Waals surface area (Å²) >= 11 is 0. The summed E-state index contributed by atoms with van der Waals surface area (Å²) in [7, 11) is 0. The van der Waals surface area contributed by atoms with Crippen LogP contribution in [0.2, 0.25) is 0 Å². The summed E-state index contributed by atoms with van der Waals surface area (Å²) in [5.74, 6) is 0.723. The number of hydrogen-bond donors (Lipinski definition) is 1. The minimum absolute atomic E-state index is 0.0247. The highest BCUT2D eigenvalue weighted by molar-refractivity contribution is 5.96. The van der Waals surface area contributed by atoms with E-state index < -0.39 is 0 Å². The number of nitrogens with one attached hydrogen (secondary N) is 1. The van der Waals surface area contributed by atoms with Crippen molar-refractivity contribution >= 4 is 23.3 Å². The predicted molar refractivity (Wildman–Crippen MR) is 136 cm³/mol. The molecule has 0 saturated carbocycles. The third kappa shape index (κ3) is 5.63. The average Bonchev–Trinajstić information content (AvgIpc) is 3.12. The Morgan fingerprint density at radius 2 is 1.71 bits per heavy atom. The lowest BCUT2D eigenvalue weighted by atomic mass is 9.95. The summed E-state index contributed by atoms with van der Waals surface area (Å²) in [5, 5.41) is 3.01. The fourth-order valence-corrected chi connectivity index (χ4v) is 4.36. The van der Waals surface area contributed by atoms with Gasteiger partial charge >= 0.3 is 0 Å². The van der Waals surface area contributed by atoms with E-state index in [2.05, 4.69) is 15.2 Å². The zero-order chi connectivity index (χ0) is 23.9. The van der Waals surface area contributed by atoms with Crippen LogP contribution in [0.25, 0.3) is 0 Å². The first-order chi connectivity index (χ1) is 16.5. The van der Waals surface area contributed by atoms with Gasteiger partial charge in [-0.1, -0.05) is 55.0 Å². The summed E-state index contributed by atoms with van der Waals surface area (Å²) in [6, 6.07) is 21.4. The predicted octanol–water partition coefficient (Wildman–Crippen LogP) is 4.87. The van der Waals surface area contributed by atoms with Crippen molar-refractivity contribution < 1.29 is 9.59 Å². The molecule has 1 aliphatic rings. The number of amides is 2. The van der Waals surface area contributed by atoms with Gasteiger partial charge in [-0.2, -0.15) is 0 Å². The average molecular weight is 457 g/mol. The van der Waals surface area contributed by atoms with Crippen molar-refractivity contribution in [3.8, 4) is 0 Å². The van der Waals surface area contributed by atoms with E-state index in [0.29, 0.717) is 12.2 Å². The van der Waals surface area contributed by atoms with Crippen LogP contribution in [0.5, 0.6) is 0 Å². The fraction of sp³-hybridized carbons (Fsp3) is 0.321. The van der Waals surface area contributed by atoms with Crippen molar-refractivity contribution in [3.05, 3.63) is 89.6 Å². The topological polar surface area (TPSA) is 65.5 Å². The lowest BCUT2D eigenvalue weighted by Gasteiger charge is -2.23. The first kappa shape index (κ1) is 23.5. The molecule has 3 aromatic rings. The molecular formula is C28H32N4O2. The molecule has 0 aliphatic carbocycles. The standard InChI is InChI=1S/C28H32N4O2/c1-3-25(22-8-5-4-6-9-22)27(33)30-24-14-15-26(29-20-24)31-16-7-17-32(19-18-31)28(34)23-12-10-21(2)11-13-23/h4-6,8-15,20,25H,3,7,16-19H2,1-2H3,(H,30,33). The Hall–Kier alpha value is -3.67. The molecule has 0 radical (unpaired) electrons. The number of anilines is 2. The highest BCUT2D eigenvalue weighted by atomic mass is 16.2. The third-order valence-corrected chi connectivity index (χ3v) is 6.35. The van der Waals surface area contributed by atoms with Crippen LogP contribution in [0, 0.1) is 6.92 Å². The van der Waals surface area contributed by atoms with E-state index in [1.165, 1.54) is 0 Å². The summed E-state index contributed by atoms with van der Waals surface area (Å²) in [6.45, 7) is 6.99. The van der Waals surface area contributed by atoms with E-state index in [1.807, 2.05) is 85.5 Å². The Balaban J connectivity index is 1.36. The van der Waals surface area contributed by atoms with Gasteiger partial charge in [-0.05, 0) is 49.6 Å². The molecule has 34 heavy (non-hydrogen) atoms. The maximum Gasteiger partial charge on any atom is 0.253 e. The van der Waals surface area contributed by atoms with Crippen molar-refractivity contribution in [1.29, 1.82) is 0 Å². The molecular weight excluding hydrogens is 424 g/mol. The van der Waals surface area contributed by atoms with E-state index in [4.69, 9.17) is 0 Å². The van der Waals surface area contributed by atoms with Gasteiger partial charge in [-0.15, -0.1) is 0 Å². The van der Waals surface area contributed by atoms with Crippen molar-refractivity contribution in [2.24, 2.45) is 0 Å². The van der Waals surface area contributed by atoms with Gasteiger partial charge in [-0.25, -0.2) is 4.98 Å². The molecule has 1 N–H and O–H groups in total. The first-order valence-corrected chi connectivity index (χ1v) is 12.0. The highest BCUT2D eigenvalue weighted by Gasteiger charge is 2.22. The van der Waals surface area contributed by atoms with Crippen LogP contribution < -0.4 is 10.2 Å². The quantitative estimate of drug-likeness (QED) is 0.574. The molecule has 1 unspecified atom stereocenters. The van der Waals surface area contributed by atoms with Gasteiger partial charge in [0.15, 0.2) is 0 Å². The van der Waals surface area contributed by atoms with E-state index in [-0.39, 0.29) is 17.7 Å². The maximum absolute atomic E-state index is 12.9. The Morgan fingerprint density at radius 1 is 0.941 bits per heavy atom. The van der Waals surface area contributed by atoms with Crippen molar-refractivity contribution in [2.75, 3.05) is 36.4 Å². The summed E-state index contributed by atoms with van der Waals surface area (Å²) < 4.78 is 0. The van der Waals surface area contributed by atoms with Crippen LogP contribution >= 0.6 is 0 Å². The molecule has 0 spiro atoms. The van der Waals surface area contributed by atoms with Gasteiger partial charge in [-0.3, -0.25) is 9.59 Å². The van der Waals surface area contributed by atoms with Crippen LogP contribution in [0.4, 0.5) is 11.5 Å². The molecule has 1 saturated heterocycles. The minimum atomic E-state index is -0.191. The molecule has 2 aromatic carbocycles. The molecule has 1 atom stereocenters. The van der Waals surface area contributed by atoms with Gasteiger partial charge in [0.1, 0.15) is 5.82 Å². The zero-order valence-corrected chi connectivity index (χ0v) is 19.9. The van der Waals surface area contributed by atoms with Crippen molar-refractivity contribution in [1.82, 2.24) is 9.88 Å². The molecule has 1 aliphatic heterocycles. The summed E-state index contributed by atoms with van der Waals surface area (Å²) in [4.78, 5) is 34.4. The third-order valence-electron chi connectivity index (χ3n) is 6.35. The molecule has 2 amide bonds. The normalized spacial score (nSPS) is 14.9. The smallest absolute Gasteiger partial charge is 0.253 e. The second-order valence-corrected chi connectivity index (χ2v) is 8.76. The zero-order valence-electron chi connectivity index (χ0n) is 19.9. The van der Waals surface area contributed by atoms with Gasteiger partial charge in [0.25, 0.3) is 5.91 Å². The van der Waals surface area contributed by atoms with E-state index >= 15 is 0 Å². The van der Waals surface area contributed by atoms with Crippen LogP contribution in [0.3, 0.4) is 0 Å². The molecule has 1 aromatic heterocycles. The van der Waals surface area contributed by atoms with Crippen LogP contribution in [0.15, 0.2) is 72.9 Å². The Kier molecular flexibility index (Phi) is 7.58. The molecule has 4 rings (SSSR count). The van der Waals surface area contributed by atoms with Gasteiger partial charge in [0, 0.05) is 31.7 Å². The maximum atomic E-state index is 12.9. The summed E-state index contributed by atoms with van der Waals surface area (Å²) in [6.07, 6.45) is 3.32.